The van der Waals surface area contributed by atoms with Crippen molar-refractivity contribution in [3.63, 3.8) is 0 Å². The molecule has 116 valence electrons. The minimum atomic E-state index is -0.289. The average molecular weight is 368 g/mol. The zero-order valence-electron chi connectivity index (χ0n) is 12.0. The number of nitrogens with zero attached hydrogens (tertiary/aromatic N) is 1. The maximum atomic E-state index is 13.7. The molecule has 0 fully saturated rings. The summed E-state index contributed by atoms with van der Waals surface area (Å²) >= 11 is 3.22. The van der Waals surface area contributed by atoms with Gasteiger partial charge in [0.25, 0.3) is 0 Å². The van der Waals surface area contributed by atoms with Gasteiger partial charge in [-0.1, -0.05) is 34.1 Å². The van der Waals surface area contributed by atoms with E-state index in [2.05, 4.69) is 31.6 Å². The van der Waals surface area contributed by atoms with Gasteiger partial charge in [0, 0.05) is 30.2 Å². The van der Waals surface area contributed by atoms with E-state index in [4.69, 9.17) is 0 Å². The van der Waals surface area contributed by atoms with Crippen LogP contribution in [-0.2, 0) is 13.1 Å². The van der Waals surface area contributed by atoms with E-state index in [1.54, 1.807) is 25.2 Å². The lowest BCUT2D eigenvalue weighted by molar-refractivity contribution is 0.603. The summed E-state index contributed by atoms with van der Waals surface area (Å²) in [6.45, 7) is 0.738. The number of guanidine groups is 1. The molecule has 0 saturated heterocycles. The van der Waals surface area contributed by atoms with Gasteiger partial charge in [-0.2, -0.15) is 0 Å². The smallest absolute Gasteiger partial charge is 0.191 e. The molecule has 22 heavy (non-hydrogen) atoms. The summed E-state index contributed by atoms with van der Waals surface area (Å²) in [6, 6.07) is 11.2. The lowest BCUT2D eigenvalue weighted by atomic mass is 10.2. The zero-order valence-corrected chi connectivity index (χ0v) is 13.6. The van der Waals surface area contributed by atoms with Crippen LogP contribution in [0.1, 0.15) is 11.1 Å². The van der Waals surface area contributed by atoms with Gasteiger partial charge in [0.2, 0.25) is 0 Å². The van der Waals surface area contributed by atoms with Crippen LogP contribution in [0, 0.1) is 11.6 Å². The van der Waals surface area contributed by atoms with E-state index in [0.717, 1.165) is 5.56 Å². The molecule has 0 saturated carbocycles. The first-order valence-electron chi connectivity index (χ1n) is 6.71. The topological polar surface area (TPSA) is 36.4 Å². The van der Waals surface area contributed by atoms with Crippen LogP contribution in [0.3, 0.4) is 0 Å². The number of aliphatic imine (C=N–C) groups is 1. The minimum absolute atomic E-state index is 0.279. The summed E-state index contributed by atoms with van der Waals surface area (Å²) in [6.07, 6.45) is 0. The van der Waals surface area contributed by atoms with Gasteiger partial charge in [-0.15, -0.1) is 0 Å². The van der Waals surface area contributed by atoms with E-state index < -0.39 is 0 Å². The Kier molecular flexibility index (Phi) is 5.89. The van der Waals surface area contributed by atoms with Gasteiger partial charge in [-0.25, -0.2) is 8.78 Å². The monoisotopic (exact) mass is 367 g/mol. The Balaban J connectivity index is 1.90. The molecule has 0 aliphatic heterocycles. The molecule has 2 N–H and O–H groups in total. The van der Waals surface area contributed by atoms with Crippen LogP contribution in [0.4, 0.5) is 8.78 Å². The van der Waals surface area contributed by atoms with E-state index in [1.807, 2.05) is 6.07 Å². The second-order valence-electron chi connectivity index (χ2n) is 4.64. The summed E-state index contributed by atoms with van der Waals surface area (Å²) in [5.41, 5.74) is 1.34. The highest BCUT2D eigenvalue weighted by Crippen LogP contribution is 2.14. The predicted octanol–water partition coefficient (Wildman–Crippen LogP) is 3.59. The number of hydrogen-bond acceptors (Lipinski definition) is 1. The molecular weight excluding hydrogens is 352 g/mol. The van der Waals surface area contributed by atoms with Gasteiger partial charge in [0.1, 0.15) is 11.6 Å². The van der Waals surface area contributed by atoms with Gasteiger partial charge in [-0.05, 0) is 29.8 Å². The Bertz CT molecular complexity index is 674. The molecule has 0 atom stereocenters. The summed E-state index contributed by atoms with van der Waals surface area (Å²) in [7, 11) is 1.62. The summed E-state index contributed by atoms with van der Waals surface area (Å²) in [5, 5.41) is 6.08. The molecule has 0 aromatic heterocycles. The van der Waals surface area contributed by atoms with Crippen molar-refractivity contribution in [3.05, 3.63) is 69.7 Å². The van der Waals surface area contributed by atoms with E-state index in [9.17, 15) is 8.78 Å². The lowest BCUT2D eigenvalue weighted by Crippen LogP contribution is -2.36. The SMILES string of the molecule is CN=C(NCc1cccc(F)c1)NCc1ccc(Br)cc1F. The van der Waals surface area contributed by atoms with Crippen molar-refractivity contribution in [2.24, 2.45) is 4.99 Å². The highest BCUT2D eigenvalue weighted by atomic mass is 79.9. The van der Waals surface area contributed by atoms with Crippen LogP contribution in [-0.4, -0.2) is 13.0 Å². The maximum Gasteiger partial charge on any atom is 0.191 e. The minimum Gasteiger partial charge on any atom is -0.352 e. The highest BCUT2D eigenvalue weighted by Gasteiger charge is 2.04. The van der Waals surface area contributed by atoms with Crippen molar-refractivity contribution < 1.29 is 8.78 Å². The van der Waals surface area contributed by atoms with Gasteiger partial charge in [0.15, 0.2) is 5.96 Å². The summed E-state index contributed by atoms with van der Waals surface area (Å²) in [4.78, 5) is 4.06. The Morgan fingerprint density at radius 1 is 1.09 bits per heavy atom. The maximum absolute atomic E-state index is 13.7. The summed E-state index contributed by atoms with van der Waals surface area (Å²) < 4.78 is 27.5. The number of halogens is 3. The molecule has 6 heteroatoms. The normalized spacial score (nSPS) is 11.4. The highest BCUT2D eigenvalue weighted by molar-refractivity contribution is 9.10. The van der Waals surface area contributed by atoms with E-state index in [1.165, 1.54) is 18.2 Å². The number of benzene rings is 2. The van der Waals surface area contributed by atoms with Crippen LogP contribution in [0.25, 0.3) is 0 Å². The van der Waals surface area contributed by atoms with Crippen molar-refractivity contribution in [2.75, 3.05) is 7.05 Å². The molecule has 0 spiro atoms. The third-order valence-electron chi connectivity index (χ3n) is 3.03. The van der Waals surface area contributed by atoms with Gasteiger partial charge in [-0.3, -0.25) is 4.99 Å². The fourth-order valence-electron chi connectivity index (χ4n) is 1.90. The van der Waals surface area contributed by atoms with Gasteiger partial charge < -0.3 is 10.6 Å². The molecular formula is C16H16BrF2N3. The molecule has 2 rings (SSSR count). The van der Waals surface area contributed by atoms with Crippen molar-refractivity contribution in [2.45, 2.75) is 13.1 Å². The zero-order chi connectivity index (χ0) is 15.9. The average Bonchev–Trinajstić information content (AvgIpc) is 2.49. The summed E-state index contributed by atoms with van der Waals surface area (Å²) in [5.74, 6) is -0.0479. The van der Waals surface area contributed by atoms with Crippen molar-refractivity contribution >= 4 is 21.9 Å². The second-order valence-corrected chi connectivity index (χ2v) is 5.56. The third-order valence-corrected chi connectivity index (χ3v) is 3.53. The van der Waals surface area contributed by atoms with Crippen molar-refractivity contribution in [1.29, 1.82) is 0 Å². The second kappa shape index (κ2) is 7.89. The van der Waals surface area contributed by atoms with Crippen LogP contribution in [0.15, 0.2) is 51.9 Å². The molecule has 2 aromatic carbocycles. The number of rotatable bonds is 4. The number of hydrogen-bond donors (Lipinski definition) is 2. The molecule has 0 bridgehead atoms. The first-order chi connectivity index (χ1) is 10.6. The van der Waals surface area contributed by atoms with Crippen molar-refractivity contribution in [1.82, 2.24) is 10.6 Å². The number of nitrogens with one attached hydrogen (secondary N) is 2. The third kappa shape index (κ3) is 4.80. The quantitative estimate of drug-likeness (QED) is 0.639. The lowest BCUT2D eigenvalue weighted by Gasteiger charge is -2.12. The Labute approximate surface area is 136 Å². The van der Waals surface area contributed by atoms with Gasteiger partial charge >= 0.3 is 0 Å². The Morgan fingerprint density at radius 2 is 1.86 bits per heavy atom. The van der Waals surface area contributed by atoms with Gasteiger partial charge in [0.05, 0.1) is 0 Å². The first kappa shape index (κ1) is 16.4. The van der Waals surface area contributed by atoms with Crippen LogP contribution in [0.2, 0.25) is 0 Å². The van der Waals surface area contributed by atoms with E-state index in [0.29, 0.717) is 29.1 Å². The fourth-order valence-corrected chi connectivity index (χ4v) is 2.23. The van der Waals surface area contributed by atoms with Crippen LogP contribution < -0.4 is 10.6 Å². The molecule has 0 aliphatic rings. The standard InChI is InChI=1S/C16H16BrF2N3/c1-20-16(21-9-11-3-2-4-14(18)7-11)22-10-12-5-6-13(17)8-15(12)19/h2-8H,9-10H2,1H3,(H2,20,21,22). The molecule has 0 amide bonds. The van der Waals surface area contributed by atoms with E-state index >= 15 is 0 Å². The Hall–Kier alpha value is -1.95. The predicted molar refractivity (Wildman–Crippen MR) is 87.5 cm³/mol. The van der Waals surface area contributed by atoms with Crippen molar-refractivity contribution in [3.8, 4) is 0 Å². The largest absolute Gasteiger partial charge is 0.352 e. The van der Waals surface area contributed by atoms with Crippen LogP contribution >= 0.6 is 15.9 Å². The Morgan fingerprint density at radius 3 is 2.55 bits per heavy atom. The molecule has 0 radical (unpaired) electrons. The first-order valence-corrected chi connectivity index (χ1v) is 7.50. The van der Waals surface area contributed by atoms with Crippen LogP contribution in [0.5, 0.6) is 0 Å². The molecule has 0 unspecified atom stereocenters. The molecule has 0 aliphatic carbocycles. The van der Waals surface area contributed by atoms with E-state index in [-0.39, 0.29) is 11.6 Å². The molecule has 0 heterocycles. The molecule has 2 aromatic rings. The molecule has 3 nitrogen and oxygen atoms in total. The fraction of sp³-hybridized carbons (Fsp3) is 0.188.